The van der Waals surface area contributed by atoms with Gasteiger partial charge in [-0.1, -0.05) is 17.7 Å². The van der Waals surface area contributed by atoms with E-state index in [0.717, 1.165) is 74.0 Å². The predicted molar refractivity (Wildman–Crippen MR) is 105 cm³/mol. The van der Waals surface area contributed by atoms with Crippen LogP contribution in [0.25, 0.3) is 0 Å². The highest BCUT2D eigenvalue weighted by Gasteiger charge is 2.24. The number of aryl methyl sites for hydroxylation is 3. The molecule has 142 valence electrons. The number of carbonyl (C=O) groups is 1. The van der Waals surface area contributed by atoms with Crippen molar-refractivity contribution in [1.82, 2.24) is 14.7 Å². The quantitative estimate of drug-likeness (QED) is 0.840. The average molecular weight is 365 g/mol. The summed E-state index contributed by atoms with van der Waals surface area (Å²) in [5.41, 5.74) is 4.18. The van der Waals surface area contributed by atoms with E-state index in [1.807, 2.05) is 36.1 Å². The molecule has 1 aromatic carbocycles. The van der Waals surface area contributed by atoms with Crippen LogP contribution in [0.15, 0.2) is 35.1 Å². The van der Waals surface area contributed by atoms with Crippen LogP contribution >= 0.6 is 0 Å². The van der Waals surface area contributed by atoms with Crippen LogP contribution in [-0.4, -0.2) is 33.7 Å². The summed E-state index contributed by atoms with van der Waals surface area (Å²) in [4.78, 5) is 27.0. The van der Waals surface area contributed by atoms with Crippen LogP contribution in [0.3, 0.4) is 0 Å². The van der Waals surface area contributed by atoms with E-state index < -0.39 is 0 Å². The highest BCUT2D eigenvalue weighted by atomic mass is 16.2. The largest absolute Gasteiger partial charge is 0.339 e. The van der Waals surface area contributed by atoms with Gasteiger partial charge in [0.25, 0.3) is 11.5 Å². The Hall–Kier alpha value is -2.43. The zero-order chi connectivity index (χ0) is 18.8. The molecule has 1 amide bonds. The van der Waals surface area contributed by atoms with Crippen LogP contribution in [0, 0.1) is 12.8 Å². The second-order valence-electron chi connectivity index (χ2n) is 7.95. The molecule has 0 saturated carbocycles. The fraction of sp³-hybridized carbons (Fsp3) is 0.500. The third-order valence-corrected chi connectivity index (χ3v) is 5.91. The van der Waals surface area contributed by atoms with Crippen molar-refractivity contribution in [2.24, 2.45) is 5.92 Å². The fourth-order valence-corrected chi connectivity index (χ4v) is 4.17. The number of piperidine rings is 1. The Labute approximate surface area is 160 Å². The Morgan fingerprint density at radius 3 is 2.56 bits per heavy atom. The van der Waals surface area contributed by atoms with Gasteiger partial charge in [0.2, 0.25) is 0 Å². The summed E-state index contributed by atoms with van der Waals surface area (Å²) in [6, 6.07) is 9.56. The SMILES string of the molecule is Cc1ccc(C(=O)N2CCC(Cn3nc4c(cc3=O)CCCC4)CC2)cc1. The molecule has 0 spiro atoms. The molecule has 1 aliphatic carbocycles. The van der Waals surface area contributed by atoms with E-state index >= 15 is 0 Å². The van der Waals surface area contributed by atoms with Gasteiger partial charge in [-0.2, -0.15) is 5.10 Å². The molecule has 0 unspecified atom stereocenters. The van der Waals surface area contributed by atoms with Gasteiger partial charge in [0.1, 0.15) is 0 Å². The van der Waals surface area contributed by atoms with E-state index in [2.05, 4.69) is 5.10 Å². The van der Waals surface area contributed by atoms with E-state index in [1.165, 1.54) is 0 Å². The van der Waals surface area contributed by atoms with Gasteiger partial charge in [-0.3, -0.25) is 9.59 Å². The van der Waals surface area contributed by atoms with Crippen molar-refractivity contribution in [3.05, 3.63) is 63.1 Å². The van der Waals surface area contributed by atoms with Crippen molar-refractivity contribution in [3.8, 4) is 0 Å². The molecule has 1 aromatic heterocycles. The van der Waals surface area contributed by atoms with Gasteiger partial charge in [-0.25, -0.2) is 4.68 Å². The maximum Gasteiger partial charge on any atom is 0.267 e. The first-order valence-corrected chi connectivity index (χ1v) is 10.1. The first-order chi connectivity index (χ1) is 13.1. The molecule has 1 saturated heterocycles. The molecular formula is C22H27N3O2. The Bertz CT molecular complexity index is 877. The van der Waals surface area contributed by atoms with Gasteiger partial charge < -0.3 is 4.90 Å². The standard InChI is InChI=1S/C22H27N3O2/c1-16-6-8-18(9-7-16)22(27)24-12-10-17(11-13-24)15-25-21(26)14-19-4-2-3-5-20(19)23-25/h6-9,14,17H,2-5,10-13,15H2,1H3. The van der Waals surface area contributed by atoms with Gasteiger partial charge in [0.15, 0.2) is 0 Å². The molecule has 4 rings (SSSR count). The Morgan fingerprint density at radius 1 is 1.11 bits per heavy atom. The lowest BCUT2D eigenvalue weighted by molar-refractivity contribution is 0.0680. The first-order valence-electron chi connectivity index (χ1n) is 10.1. The second kappa shape index (κ2) is 7.67. The number of aromatic nitrogens is 2. The van der Waals surface area contributed by atoms with E-state index in [4.69, 9.17) is 0 Å². The van der Waals surface area contributed by atoms with Crippen LogP contribution < -0.4 is 5.56 Å². The number of hydrogen-bond donors (Lipinski definition) is 0. The number of amides is 1. The molecule has 0 atom stereocenters. The van der Waals surface area contributed by atoms with Gasteiger partial charge in [0, 0.05) is 31.3 Å². The average Bonchev–Trinajstić information content (AvgIpc) is 2.69. The summed E-state index contributed by atoms with van der Waals surface area (Å²) in [5.74, 6) is 0.511. The minimum absolute atomic E-state index is 0.0220. The van der Waals surface area contributed by atoms with Crippen LogP contribution in [-0.2, 0) is 19.4 Å². The van der Waals surface area contributed by atoms with Crippen molar-refractivity contribution in [2.45, 2.75) is 52.0 Å². The maximum absolute atomic E-state index is 12.6. The molecule has 2 aromatic rings. The molecule has 0 radical (unpaired) electrons. The zero-order valence-electron chi connectivity index (χ0n) is 16.0. The van der Waals surface area contributed by atoms with Gasteiger partial charge in [-0.05, 0) is 69.1 Å². The topological polar surface area (TPSA) is 55.2 Å². The lowest BCUT2D eigenvalue weighted by atomic mass is 9.95. The molecule has 5 nitrogen and oxygen atoms in total. The molecule has 0 bridgehead atoms. The molecule has 27 heavy (non-hydrogen) atoms. The lowest BCUT2D eigenvalue weighted by Crippen LogP contribution is -2.40. The van der Waals surface area contributed by atoms with Crippen LogP contribution in [0.4, 0.5) is 0 Å². The predicted octanol–water partition coefficient (Wildman–Crippen LogP) is 2.98. The molecule has 0 N–H and O–H groups in total. The number of likely N-dealkylation sites (tertiary alicyclic amines) is 1. The minimum atomic E-state index is 0.0220. The van der Waals surface area contributed by atoms with Gasteiger partial charge in [-0.15, -0.1) is 0 Å². The van der Waals surface area contributed by atoms with E-state index in [9.17, 15) is 9.59 Å². The summed E-state index contributed by atoms with van der Waals surface area (Å²) in [7, 11) is 0. The first kappa shape index (κ1) is 18.0. The second-order valence-corrected chi connectivity index (χ2v) is 7.95. The summed E-state index contributed by atoms with van der Waals surface area (Å²) >= 11 is 0. The Balaban J connectivity index is 1.38. The Morgan fingerprint density at radius 2 is 1.81 bits per heavy atom. The van der Waals surface area contributed by atoms with Gasteiger partial charge in [0.05, 0.1) is 5.69 Å². The van der Waals surface area contributed by atoms with Crippen LogP contribution in [0.1, 0.15) is 52.9 Å². The van der Waals surface area contributed by atoms with Crippen molar-refractivity contribution < 1.29 is 4.79 Å². The van der Waals surface area contributed by atoms with Crippen molar-refractivity contribution in [2.75, 3.05) is 13.1 Å². The van der Waals surface area contributed by atoms with Crippen LogP contribution in [0.5, 0.6) is 0 Å². The third kappa shape index (κ3) is 3.97. The van der Waals surface area contributed by atoms with E-state index in [0.29, 0.717) is 12.5 Å². The molecule has 1 fully saturated rings. The lowest BCUT2D eigenvalue weighted by Gasteiger charge is -2.32. The molecule has 5 heteroatoms. The maximum atomic E-state index is 12.6. The summed E-state index contributed by atoms with van der Waals surface area (Å²) < 4.78 is 1.66. The number of benzene rings is 1. The molecule has 1 aliphatic heterocycles. The van der Waals surface area contributed by atoms with Crippen molar-refractivity contribution in [1.29, 1.82) is 0 Å². The van der Waals surface area contributed by atoms with Crippen LogP contribution in [0.2, 0.25) is 0 Å². The summed E-state index contributed by atoms with van der Waals surface area (Å²) in [5, 5.41) is 4.64. The number of carbonyl (C=O) groups excluding carboxylic acids is 1. The number of fused-ring (bicyclic) bond motifs is 1. The summed E-state index contributed by atoms with van der Waals surface area (Å²) in [6.07, 6.45) is 6.13. The molecule has 2 aliphatic rings. The van der Waals surface area contributed by atoms with Gasteiger partial charge >= 0.3 is 0 Å². The number of rotatable bonds is 3. The van der Waals surface area contributed by atoms with E-state index in [1.54, 1.807) is 10.7 Å². The number of nitrogens with zero attached hydrogens (tertiary/aromatic N) is 3. The molecular weight excluding hydrogens is 338 g/mol. The molecule has 2 heterocycles. The monoisotopic (exact) mass is 365 g/mol. The smallest absolute Gasteiger partial charge is 0.267 e. The Kier molecular flexibility index (Phi) is 5.10. The normalized spacial score (nSPS) is 17.6. The highest BCUT2D eigenvalue weighted by molar-refractivity contribution is 5.94. The number of hydrogen-bond acceptors (Lipinski definition) is 3. The minimum Gasteiger partial charge on any atom is -0.339 e. The van der Waals surface area contributed by atoms with Crippen molar-refractivity contribution in [3.63, 3.8) is 0 Å². The summed E-state index contributed by atoms with van der Waals surface area (Å²) in [6.45, 7) is 4.18. The third-order valence-electron chi connectivity index (χ3n) is 5.91. The highest BCUT2D eigenvalue weighted by Crippen LogP contribution is 2.21. The zero-order valence-corrected chi connectivity index (χ0v) is 16.0. The van der Waals surface area contributed by atoms with E-state index in [-0.39, 0.29) is 11.5 Å². The van der Waals surface area contributed by atoms with Crippen molar-refractivity contribution >= 4 is 5.91 Å². The fourth-order valence-electron chi connectivity index (χ4n) is 4.17.